The molecule has 0 saturated heterocycles. The maximum atomic E-state index is 12.4. The van der Waals surface area contributed by atoms with Gasteiger partial charge in [0.2, 0.25) is 0 Å². The lowest BCUT2D eigenvalue weighted by atomic mass is 9.74. The molecule has 1 aliphatic rings. The first kappa shape index (κ1) is 15.0. The molecule has 0 fully saturated rings. The lowest BCUT2D eigenvalue weighted by Gasteiger charge is -2.31. The van der Waals surface area contributed by atoms with Gasteiger partial charge in [0.05, 0.1) is 0 Å². The van der Waals surface area contributed by atoms with Crippen LogP contribution in [0, 0.1) is 5.21 Å². The molecule has 1 aliphatic heterocycles. The van der Waals surface area contributed by atoms with E-state index in [9.17, 15) is 5.21 Å². The van der Waals surface area contributed by atoms with E-state index in [0.717, 1.165) is 17.7 Å². The van der Waals surface area contributed by atoms with Crippen LogP contribution >= 0.6 is 12.4 Å². The van der Waals surface area contributed by atoms with Crippen LogP contribution in [-0.2, 0) is 5.41 Å². The van der Waals surface area contributed by atoms with Crippen LogP contribution < -0.4 is 0 Å². The zero-order valence-electron chi connectivity index (χ0n) is 11.8. The fraction of sp³-hybridized carbons (Fsp3) is 0.533. The molecular weight excluding hydrogens is 246 g/mol. The van der Waals surface area contributed by atoms with E-state index in [1.165, 1.54) is 10.3 Å². The minimum absolute atomic E-state index is 0. The molecule has 3 heteroatoms. The Balaban J connectivity index is 0.00000162. The van der Waals surface area contributed by atoms with E-state index in [4.69, 9.17) is 0 Å². The van der Waals surface area contributed by atoms with Gasteiger partial charge in [-0.1, -0.05) is 32.0 Å². The molecular formula is C15H22ClNO. The fourth-order valence-corrected chi connectivity index (χ4v) is 3.20. The molecule has 0 bridgehead atoms. The molecule has 1 aromatic rings. The van der Waals surface area contributed by atoms with Gasteiger partial charge in [0.15, 0.2) is 11.3 Å². The second-order valence-electron chi connectivity index (χ2n) is 6.30. The average Bonchev–Trinajstić information content (AvgIpc) is 2.29. The van der Waals surface area contributed by atoms with Gasteiger partial charge in [0.1, 0.15) is 0 Å². The topological polar surface area (TPSA) is 26.1 Å². The summed E-state index contributed by atoms with van der Waals surface area (Å²) in [6.45, 7) is 10.4. The molecule has 0 radical (unpaired) electrons. The number of halogens is 1. The Labute approximate surface area is 116 Å². The van der Waals surface area contributed by atoms with Crippen molar-refractivity contribution in [3.8, 4) is 0 Å². The van der Waals surface area contributed by atoms with E-state index < -0.39 is 0 Å². The Kier molecular flexibility index (Phi) is 3.83. The van der Waals surface area contributed by atoms with Gasteiger partial charge in [0, 0.05) is 32.8 Å². The second kappa shape index (κ2) is 4.58. The van der Waals surface area contributed by atoms with E-state index in [1.54, 1.807) is 0 Å². The lowest BCUT2D eigenvalue weighted by molar-refractivity contribution is -0.542. The van der Waals surface area contributed by atoms with Gasteiger partial charge in [-0.15, -0.1) is 12.4 Å². The molecule has 0 amide bonds. The first-order valence-electron chi connectivity index (χ1n) is 6.16. The van der Waals surface area contributed by atoms with Gasteiger partial charge in [-0.05, 0) is 17.0 Å². The van der Waals surface area contributed by atoms with Crippen molar-refractivity contribution >= 4 is 18.1 Å². The van der Waals surface area contributed by atoms with Gasteiger partial charge >= 0.3 is 0 Å². The van der Waals surface area contributed by atoms with Crippen molar-refractivity contribution in [2.45, 2.75) is 52.0 Å². The largest absolute Gasteiger partial charge is 0.623 e. The van der Waals surface area contributed by atoms with E-state index in [2.05, 4.69) is 32.0 Å². The van der Waals surface area contributed by atoms with Crippen molar-refractivity contribution in [2.24, 2.45) is 0 Å². The highest BCUT2D eigenvalue weighted by Gasteiger charge is 2.41. The summed E-state index contributed by atoms with van der Waals surface area (Å²) in [5, 5.41) is 12.4. The van der Waals surface area contributed by atoms with Crippen LogP contribution in [0.5, 0.6) is 0 Å². The molecule has 0 unspecified atom stereocenters. The Morgan fingerprint density at radius 3 is 2.28 bits per heavy atom. The molecule has 0 saturated carbocycles. The third-order valence-corrected chi connectivity index (χ3v) is 3.77. The van der Waals surface area contributed by atoms with E-state index in [0.29, 0.717) is 0 Å². The van der Waals surface area contributed by atoms with Gasteiger partial charge < -0.3 is 5.21 Å². The molecule has 2 rings (SSSR count). The number of fused-ring (bicyclic) bond motifs is 1. The van der Waals surface area contributed by atoms with Crippen molar-refractivity contribution < 1.29 is 4.74 Å². The summed E-state index contributed by atoms with van der Waals surface area (Å²) in [6.07, 6.45) is 0.859. The van der Waals surface area contributed by atoms with Gasteiger partial charge in [0.25, 0.3) is 0 Å². The predicted octanol–water partition coefficient (Wildman–Crippen LogP) is 3.89. The maximum absolute atomic E-state index is 12.4. The third kappa shape index (κ3) is 2.26. The lowest BCUT2D eigenvalue weighted by Crippen LogP contribution is -2.38. The van der Waals surface area contributed by atoms with Crippen molar-refractivity contribution in [3.63, 3.8) is 0 Å². The third-order valence-electron chi connectivity index (χ3n) is 3.77. The average molecular weight is 268 g/mol. The SMILES string of the molecule is CC1=[N+]([O-])C(C)(C)CC(C)(C)c2ccccc21.Cl. The monoisotopic (exact) mass is 267 g/mol. The number of rotatable bonds is 0. The molecule has 0 N–H and O–H groups in total. The Hall–Kier alpha value is -1.02. The molecule has 1 aromatic carbocycles. The quantitative estimate of drug-likeness (QED) is 0.517. The molecule has 0 atom stereocenters. The van der Waals surface area contributed by atoms with Crippen LogP contribution in [0.3, 0.4) is 0 Å². The van der Waals surface area contributed by atoms with Crippen LogP contribution in [0.15, 0.2) is 24.3 Å². The summed E-state index contributed by atoms with van der Waals surface area (Å²) >= 11 is 0. The fourth-order valence-electron chi connectivity index (χ4n) is 3.20. The zero-order chi connectivity index (χ0) is 12.8. The summed E-state index contributed by atoms with van der Waals surface area (Å²) in [6, 6.07) is 8.26. The standard InChI is InChI=1S/C15H21NO.ClH/c1-11-12-8-6-7-9-13(12)14(2,3)10-15(4,5)16(11)17;/h6-9H,10H2,1-5H3;1H. The predicted molar refractivity (Wildman–Crippen MR) is 78.8 cm³/mol. The van der Waals surface area contributed by atoms with Crippen LogP contribution in [0.25, 0.3) is 0 Å². The van der Waals surface area contributed by atoms with E-state index in [1.807, 2.05) is 26.8 Å². The van der Waals surface area contributed by atoms with Gasteiger partial charge in [-0.2, -0.15) is 0 Å². The summed E-state index contributed by atoms with van der Waals surface area (Å²) < 4.78 is 1.18. The molecule has 0 aliphatic carbocycles. The Morgan fingerprint density at radius 1 is 1.11 bits per heavy atom. The van der Waals surface area contributed by atoms with Crippen LogP contribution in [0.4, 0.5) is 0 Å². The normalized spacial score (nSPS) is 20.7. The summed E-state index contributed by atoms with van der Waals surface area (Å²) in [7, 11) is 0. The van der Waals surface area contributed by atoms with Crippen molar-refractivity contribution in [1.82, 2.24) is 0 Å². The van der Waals surface area contributed by atoms with Crippen molar-refractivity contribution in [3.05, 3.63) is 40.6 Å². The highest BCUT2D eigenvalue weighted by Crippen LogP contribution is 2.38. The van der Waals surface area contributed by atoms with Crippen LogP contribution in [-0.4, -0.2) is 16.0 Å². The molecule has 2 nitrogen and oxygen atoms in total. The first-order valence-corrected chi connectivity index (χ1v) is 6.16. The van der Waals surface area contributed by atoms with Crippen LogP contribution in [0.2, 0.25) is 0 Å². The van der Waals surface area contributed by atoms with Gasteiger partial charge in [-0.25, -0.2) is 4.74 Å². The maximum Gasteiger partial charge on any atom is 0.191 e. The number of hydrogen-bond acceptors (Lipinski definition) is 1. The number of nitrogens with zero attached hydrogens (tertiary/aromatic N) is 1. The summed E-state index contributed by atoms with van der Waals surface area (Å²) in [5.41, 5.74) is 2.88. The molecule has 0 spiro atoms. The summed E-state index contributed by atoms with van der Waals surface area (Å²) in [5.74, 6) is 0. The minimum atomic E-state index is -0.355. The zero-order valence-corrected chi connectivity index (χ0v) is 12.6. The van der Waals surface area contributed by atoms with Crippen molar-refractivity contribution in [2.75, 3.05) is 0 Å². The molecule has 1 heterocycles. The minimum Gasteiger partial charge on any atom is -0.623 e. The number of hydrogen-bond donors (Lipinski definition) is 0. The Bertz CT molecular complexity index is 489. The molecule has 100 valence electrons. The highest BCUT2D eigenvalue weighted by molar-refractivity contribution is 5.97. The van der Waals surface area contributed by atoms with Crippen LogP contribution in [0.1, 0.15) is 52.2 Å². The van der Waals surface area contributed by atoms with Gasteiger partial charge in [-0.3, -0.25) is 0 Å². The smallest absolute Gasteiger partial charge is 0.191 e. The van der Waals surface area contributed by atoms with Crippen molar-refractivity contribution in [1.29, 1.82) is 0 Å². The van der Waals surface area contributed by atoms with E-state index >= 15 is 0 Å². The Morgan fingerprint density at radius 2 is 1.67 bits per heavy atom. The second-order valence-corrected chi connectivity index (χ2v) is 6.30. The highest BCUT2D eigenvalue weighted by atomic mass is 35.5. The number of benzene rings is 1. The summed E-state index contributed by atoms with van der Waals surface area (Å²) in [4.78, 5) is 0. The number of hydroxylamine groups is 1. The van der Waals surface area contributed by atoms with E-state index in [-0.39, 0.29) is 23.4 Å². The first-order chi connectivity index (χ1) is 7.76. The molecule has 18 heavy (non-hydrogen) atoms. The molecule has 0 aromatic heterocycles.